The highest BCUT2D eigenvalue weighted by molar-refractivity contribution is 6.35. The molecule has 0 aromatic heterocycles. The van der Waals surface area contributed by atoms with Crippen molar-refractivity contribution in [2.45, 2.75) is 6.92 Å². The summed E-state index contributed by atoms with van der Waals surface area (Å²) in [5.41, 5.74) is 1.83. The summed E-state index contributed by atoms with van der Waals surface area (Å²) in [6.07, 6.45) is 0. The van der Waals surface area contributed by atoms with Crippen molar-refractivity contribution in [3.05, 3.63) is 94.5 Å². The molecule has 0 fully saturated rings. The number of carbonyl (C=O) groups excluding carboxylic acids is 3. The summed E-state index contributed by atoms with van der Waals surface area (Å²) >= 11 is 0. The molecule has 0 saturated carbocycles. The van der Waals surface area contributed by atoms with Gasteiger partial charge in [0.15, 0.2) is 0 Å². The summed E-state index contributed by atoms with van der Waals surface area (Å²) in [5, 5.41) is 11.8. The van der Waals surface area contributed by atoms with Gasteiger partial charge in [-0.2, -0.15) is 0 Å². The van der Waals surface area contributed by atoms with E-state index in [2.05, 4.69) is 5.32 Å². The van der Waals surface area contributed by atoms with Crippen molar-refractivity contribution in [1.29, 1.82) is 0 Å². The van der Waals surface area contributed by atoms with E-state index in [1.54, 1.807) is 37.3 Å². The smallest absolute Gasteiger partial charge is 0.337 e. The number of hydrogen-bond acceptors (Lipinski definition) is 4. The van der Waals surface area contributed by atoms with E-state index in [1.807, 2.05) is 6.07 Å². The number of imide groups is 1. The average Bonchev–Trinajstić information content (AvgIpc) is 2.98. The zero-order chi connectivity index (χ0) is 21.4. The minimum atomic E-state index is -1.17. The summed E-state index contributed by atoms with van der Waals surface area (Å²) in [4.78, 5) is 50.8. The molecule has 3 aromatic carbocycles. The van der Waals surface area contributed by atoms with Crippen molar-refractivity contribution in [3.8, 4) is 0 Å². The molecule has 7 heteroatoms. The number of aryl methyl sites for hydroxylation is 1. The molecule has 1 aliphatic rings. The van der Waals surface area contributed by atoms with Crippen LogP contribution in [0.1, 0.15) is 47.0 Å². The van der Waals surface area contributed by atoms with Crippen molar-refractivity contribution in [3.63, 3.8) is 0 Å². The third-order valence-corrected chi connectivity index (χ3v) is 4.91. The molecule has 1 heterocycles. The largest absolute Gasteiger partial charge is 0.478 e. The van der Waals surface area contributed by atoms with E-state index in [1.165, 1.54) is 30.3 Å². The van der Waals surface area contributed by atoms with Gasteiger partial charge in [0.2, 0.25) is 0 Å². The fourth-order valence-corrected chi connectivity index (χ4v) is 3.39. The Morgan fingerprint density at radius 3 is 2.27 bits per heavy atom. The molecule has 1 aliphatic heterocycles. The fourth-order valence-electron chi connectivity index (χ4n) is 3.39. The number of carbonyl (C=O) groups is 4. The second-order valence-corrected chi connectivity index (χ2v) is 6.80. The van der Waals surface area contributed by atoms with E-state index in [-0.39, 0.29) is 27.9 Å². The van der Waals surface area contributed by atoms with Crippen LogP contribution in [-0.4, -0.2) is 28.8 Å². The predicted octanol–water partition coefficient (Wildman–Crippen LogP) is 3.75. The Morgan fingerprint density at radius 1 is 0.867 bits per heavy atom. The number of carboxylic acid groups (broad SMARTS) is 1. The number of amides is 3. The first-order valence-electron chi connectivity index (χ1n) is 9.10. The molecule has 3 aromatic rings. The number of aromatic carboxylic acids is 1. The Morgan fingerprint density at radius 2 is 1.53 bits per heavy atom. The lowest BCUT2D eigenvalue weighted by Crippen LogP contribution is -2.29. The Hall–Kier alpha value is -4.26. The van der Waals surface area contributed by atoms with Crippen LogP contribution in [0, 0.1) is 6.92 Å². The average molecular weight is 400 g/mol. The second-order valence-electron chi connectivity index (χ2n) is 6.80. The first-order valence-corrected chi connectivity index (χ1v) is 9.10. The maximum absolute atomic E-state index is 12.9. The Labute approximate surface area is 171 Å². The number of carboxylic acids is 1. The van der Waals surface area contributed by atoms with Crippen LogP contribution >= 0.6 is 0 Å². The molecule has 4 rings (SSSR count). The van der Waals surface area contributed by atoms with Gasteiger partial charge in [-0.3, -0.25) is 14.4 Å². The molecule has 7 nitrogen and oxygen atoms in total. The number of para-hydroxylation sites is 2. The van der Waals surface area contributed by atoms with Gasteiger partial charge >= 0.3 is 5.97 Å². The molecule has 3 amide bonds. The first-order chi connectivity index (χ1) is 14.4. The molecule has 0 atom stereocenters. The molecule has 0 aliphatic carbocycles. The van der Waals surface area contributed by atoms with Crippen LogP contribution in [0.3, 0.4) is 0 Å². The highest BCUT2D eigenvalue weighted by Crippen LogP contribution is 2.31. The van der Waals surface area contributed by atoms with Crippen molar-refractivity contribution < 1.29 is 24.3 Å². The van der Waals surface area contributed by atoms with E-state index < -0.39 is 23.7 Å². The monoisotopic (exact) mass is 400 g/mol. The molecule has 0 spiro atoms. The van der Waals surface area contributed by atoms with E-state index in [4.69, 9.17) is 0 Å². The predicted molar refractivity (Wildman–Crippen MR) is 110 cm³/mol. The summed E-state index contributed by atoms with van der Waals surface area (Å²) in [7, 11) is 0. The molecular weight excluding hydrogens is 384 g/mol. The van der Waals surface area contributed by atoms with Gasteiger partial charge in [-0.25, -0.2) is 9.69 Å². The zero-order valence-electron chi connectivity index (χ0n) is 15.9. The van der Waals surface area contributed by atoms with E-state index in [9.17, 15) is 24.3 Å². The molecule has 0 unspecified atom stereocenters. The summed E-state index contributed by atoms with van der Waals surface area (Å²) in [5.74, 6) is -2.71. The number of rotatable bonds is 4. The Kier molecular flexibility index (Phi) is 4.63. The molecule has 30 heavy (non-hydrogen) atoms. The molecule has 0 radical (unpaired) electrons. The number of nitrogens with one attached hydrogen (secondary N) is 1. The first kappa shape index (κ1) is 19.1. The number of benzene rings is 3. The Balaban J connectivity index is 1.66. The third kappa shape index (κ3) is 3.12. The third-order valence-electron chi connectivity index (χ3n) is 4.91. The number of fused-ring (bicyclic) bond motifs is 1. The second kappa shape index (κ2) is 7.29. The number of hydrogen-bond donors (Lipinski definition) is 2. The lowest BCUT2D eigenvalue weighted by atomic mass is 10.0. The van der Waals surface area contributed by atoms with E-state index in [0.29, 0.717) is 5.69 Å². The van der Waals surface area contributed by atoms with Crippen molar-refractivity contribution in [2.75, 3.05) is 10.2 Å². The van der Waals surface area contributed by atoms with Gasteiger partial charge in [0, 0.05) is 5.56 Å². The van der Waals surface area contributed by atoms with Crippen molar-refractivity contribution >= 4 is 35.1 Å². The summed E-state index contributed by atoms with van der Waals surface area (Å²) < 4.78 is 0. The lowest BCUT2D eigenvalue weighted by molar-refractivity contribution is 0.0697. The van der Waals surface area contributed by atoms with Gasteiger partial charge in [0.25, 0.3) is 17.7 Å². The quantitative estimate of drug-likeness (QED) is 0.649. The minimum Gasteiger partial charge on any atom is -0.478 e. The molecule has 2 N–H and O–H groups in total. The Bertz CT molecular complexity index is 1230. The molecule has 148 valence electrons. The zero-order valence-corrected chi connectivity index (χ0v) is 15.9. The highest BCUT2D eigenvalue weighted by Gasteiger charge is 2.37. The van der Waals surface area contributed by atoms with Crippen molar-refractivity contribution in [1.82, 2.24) is 0 Å². The summed E-state index contributed by atoms with van der Waals surface area (Å²) in [6.45, 7) is 1.80. The van der Waals surface area contributed by atoms with Gasteiger partial charge in [-0.1, -0.05) is 30.3 Å². The standard InChI is InChI=1S/C23H16N2O5/c1-13-6-2-5-9-19(13)25-21(27)15-11-10-14(12-17(15)22(25)28)20(26)24-18-8-4-3-7-16(18)23(29)30/h2-12H,1H3,(H,24,26)(H,29,30). The number of nitrogens with zero attached hydrogens (tertiary/aromatic N) is 1. The van der Waals surface area contributed by atoms with Crippen LogP contribution in [0.5, 0.6) is 0 Å². The SMILES string of the molecule is Cc1ccccc1N1C(=O)c2ccc(C(=O)Nc3ccccc3C(=O)O)cc2C1=O. The van der Waals surface area contributed by atoms with Crippen LogP contribution < -0.4 is 10.2 Å². The van der Waals surface area contributed by atoms with Crippen LogP contribution in [0.25, 0.3) is 0 Å². The van der Waals surface area contributed by atoms with Crippen LogP contribution in [0.2, 0.25) is 0 Å². The fraction of sp³-hybridized carbons (Fsp3) is 0.0435. The van der Waals surface area contributed by atoms with Crippen molar-refractivity contribution in [2.24, 2.45) is 0 Å². The topological polar surface area (TPSA) is 104 Å². The molecule has 0 saturated heterocycles. The van der Waals surface area contributed by atoms with Gasteiger partial charge < -0.3 is 10.4 Å². The minimum absolute atomic E-state index is 0.0519. The lowest BCUT2D eigenvalue weighted by Gasteiger charge is -2.16. The van der Waals surface area contributed by atoms with E-state index in [0.717, 1.165) is 10.5 Å². The maximum atomic E-state index is 12.9. The normalized spacial score (nSPS) is 12.6. The van der Waals surface area contributed by atoms with Gasteiger partial charge in [0.05, 0.1) is 28.1 Å². The van der Waals surface area contributed by atoms with Crippen LogP contribution in [0.4, 0.5) is 11.4 Å². The van der Waals surface area contributed by atoms with Gasteiger partial charge in [0.1, 0.15) is 0 Å². The van der Waals surface area contributed by atoms with Crippen LogP contribution in [0.15, 0.2) is 66.7 Å². The highest BCUT2D eigenvalue weighted by atomic mass is 16.4. The van der Waals surface area contributed by atoms with Gasteiger partial charge in [-0.15, -0.1) is 0 Å². The van der Waals surface area contributed by atoms with Gasteiger partial charge in [-0.05, 0) is 48.9 Å². The summed E-state index contributed by atoms with van der Waals surface area (Å²) in [6, 6.07) is 17.3. The number of anilines is 2. The van der Waals surface area contributed by atoms with Crippen LogP contribution in [-0.2, 0) is 0 Å². The van der Waals surface area contributed by atoms with E-state index >= 15 is 0 Å². The maximum Gasteiger partial charge on any atom is 0.337 e. The molecule has 0 bridgehead atoms. The molecular formula is C23H16N2O5.